The molecule has 0 spiro atoms. The first-order valence-electron chi connectivity index (χ1n) is 4.36. The Labute approximate surface area is 92.4 Å². The minimum Gasteiger partial charge on any atom is -0.468 e. The van der Waals surface area contributed by atoms with E-state index >= 15 is 0 Å². The van der Waals surface area contributed by atoms with Gasteiger partial charge in [-0.2, -0.15) is 5.21 Å². The summed E-state index contributed by atoms with van der Waals surface area (Å²) in [5.74, 6) is 0.540. The van der Waals surface area contributed by atoms with Gasteiger partial charge in [0.25, 0.3) is 0 Å². The Morgan fingerprint density at radius 3 is 3.00 bits per heavy atom. The van der Waals surface area contributed by atoms with Gasteiger partial charge in [0.05, 0.1) is 7.11 Å². The van der Waals surface area contributed by atoms with E-state index in [9.17, 15) is 4.79 Å². The summed E-state index contributed by atoms with van der Waals surface area (Å²) in [5.41, 5.74) is 0. The number of aromatic amines is 1. The van der Waals surface area contributed by atoms with E-state index in [2.05, 4.69) is 30.7 Å². The first-order valence-corrected chi connectivity index (χ1v) is 4.36. The van der Waals surface area contributed by atoms with E-state index in [0.29, 0.717) is 18.8 Å². The van der Waals surface area contributed by atoms with Crippen LogP contribution in [0.5, 0.6) is 0 Å². The third-order valence-electron chi connectivity index (χ3n) is 2.34. The van der Waals surface area contributed by atoms with Crippen LogP contribution in [0.2, 0.25) is 0 Å². The number of nitrogens with zero attached hydrogens (tertiary/aromatic N) is 3. The third-order valence-corrected chi connectivity index (χ3v) is 2.34. The normalized spacial score (nSPS) is 24.6. The van der Waals surface area contributed by atoms with Crippen LogP contribution in [0.1, 0.15) is 18.2 Å². The first kappa shape index (κ1) is 11.9. The number of methoxy groups -OCH3 is 1. The van der Waals surface area contributed by atoms with E-state index in [0.717, 1.165) is 0 Å². The molecular formula is C7H12ClN5O2. The lowest BCUT2D eigenvalue weighted by Crippen LogP contribution is -2.31. The predicted molar refractivity (Wildman–Crippen MR) is 52.6 cm³/mol. The number of carbonyl (C=O) groups is 1. The number of tetrazole rings is 1. The van der Waals surface area contributed by atoms with Crippen LogP contribution < -0.4 is 5.32 Å². The smallest absolute Gasteiger partial charge is 0.322 e. The Morgan fingerprint density at radius 1 is 1.60 bits per heavy atom. The van der Waals surface area contributed by atoms with E-state index in [1.807, 2.05) is 0 Å². The Kier molecular flexibility index (Phi) is 3.98. The maximum atomic E-state index is 11.2. The van der Waals surface area contributed by atoms with Gasteiger partial charge in [0.2, 0.25) is 0 Å². The van der Waals surface area contributed by atoms with E-state index < -0.39 is 0 Å². The van der Waals surface area contributed by atoms with E-state index in [4.69, 9.17) is 0 Å². The highest BCUT2D eigenvalue weighted by atomic mass is 35.5. The molecule has 0 radical (unpaired) electrons. The molecule has 0 bridgehead atoms. The molecule has 0 saturated carbocycles. The molecule has 2 atom stereocenters. The quantitative estimate of drug-likeness (QED) is 0.653. The number of ether oxygens (including phenoxy) is 1. The number of hydrogen-bond acceptors (Lipinski definition) is 6. The molecule has 1 aromatic heterocycles. The lowest BCUT2D eigenvalue weighted by atomic mass is 10.1. The zero-order valence-corrected chi connectivity index (χ0v) is 8.95. The Hall–Kier alpha value is -1.21. The Bertz CT molecular complexity index is 317. The van der Waals surface area contributed by atoms with Crippen molar-refractivity contribution in [2.45, 2.75) is 18.4 Å². The summed E-state index contributed by atoms with van der Waals surface area (Å²) in [7, 11) is 1.38. The summed E-state index contributed by atoms with van der Waals surface area (Å²) in [5, 5.41) is 16.7. The van der Waals surface area contributed by atoms with E-state index in [1.165, 1.54) is 7.11 Å². The molecule has 8 heteroatoms. The largest absolute Gasteiger partial charge is 0.468 e. The lowest BCUT2D eigenvalue weighted by Gasteiger charge is -2.05. The van der Waals surface area contributed by atoms with Crippen LogP contribution in [0.3, 0.4) is 0 Å². The first-order chi connectivity index (χ1) is 6.81. The molecule has 7 nitrogen and oxygen atoms in total. The second-order valence-corrected chi connectivity index (χ2v) is 3.19. The second-order valence-electron chi connectivity index (χ2n) is 3.19. The van der Waals surface area contributed by atoms with Crippen LogP contribution in [0, 0.1) is 0 Å². The van der Waals surface area contributed by atoms with Crippen molar-refractivity contribution in [3.8, 4) is 0 Å². The molecule has 0 aromatic carbocycles. The van der Waals surface area contributed by atoms with Gasteiger partial charge >= 0.3 is 5.97 Å². The highest BCUT2D eigenvalue weighted by Crippen LogP contribution is 2.22. The molecule has 1 saturated heterocycles. The number of esters is 1. The summed E-state index contributed by atoms with van der Waals surface area (Å²) in [6, 6.07) is -0.247. The molecule has 84 valence electrons. The summed E-state index contributed by atoms with van der Waals surface area (Å²) >= 11 is 0. The van der Waals surface area contributed by atoms with Gasteiger partial charge in [0.1, 0.15) is 6.04 Å². The van der Waals surface area contributed by atoms with Crippen LogP contribution in [0.4, 0.5) is 0 Å². The van der Waals surface area contributed by atoms with Crippen LogP contribution >= 0.6 is 12.4 Å². The van der Waals surface area contributed by atoms with Crippen molar-refractivity contribution < 1.29 is 9.53 Å². The topological polar surface area (TPSA) is 92.8 Å². The van der Waals surface area contributed by atoms with Crippen molar-refractivity contribution in [2.24, 2.45) is 0 Å². The SMILES string of the molecule is COC(=O)[C@@H]1C[C@H](c2nn[nH]n2)CN1.Cl. The molecule has 0 unspecified atom stereocenters. The zero-order valence-electron chi connectivity index (χ0n) is 8.14. The second kappa shape index (κ2) is 5.04. The van der Waals surface area contributed by atoms with Crippen molar-refractivity contribution in [3.05, 3.63) is 5.82 Å². The molecular weight excluding hydrogens is 222 g/mol. The fraction of sp³-hybridized carbons (Fsp3) is 0.714. The summed E-state index contributed by atoms with van der Waals surface area (Å²) in [6.45, 7) is 0.680. The molecule has 2 rings (SSSR count). The van der Waals surface area contributed by atoms with Crippen LogP contribution in [-0.2, 0) is 9.53 Å². The van der Waals surface area contributed by atoms with Crippen LogP contribution in [0.15, 0.2) is 0 Å². The Balaban J connectivity index is 0.00000112. The van der Waals surface area contributed by atoms with Gasteiger partial charge < -0.3 is 10.1 Å². The minimum absolute atomic E-state index is 0. The standard InChI is InChI=1S/C7H11N5O2.ClH/c1-14-7(13)5-2-4(3-8-5)6-9-11-12-10-6;/h4-5,8H,2-3H2,1H3,(H,9,10,11,12);1H/t4-,5-;/m0./s1. The molecule has 15 heavy (non-hydrogen) atoms. The van der Waals surface area contributed by atoms with Crippen LogP contribution in [-0.4, -0.2) is 46.3 Å². The highest BCUT2D eigenvalue weighted by molar-refractivity contribution is 5.85. The fourth-order valence-corrected chi connectivity index (χ4v) is 1.60. The summed E-state index contributed by atoms with van der Waals surface area (Å²) in [6.07, 6.45) is 0.659. The van der Waals surface area contributed by atoms with Crippen LogP contribution in [0.25, 0.3) is 0 Å². The van der Waals surface area contributed by atoms with Gasteiger partial charge in [-0.1, -0.05) is 5.21 Å². The number of aromatic nitrogens is 4. The number of carbonyl (C=O) groups excluding carboxylic acids is 1. The highest BCUT2D eigenvalue weighted by Gasteiger charge is 2.32. The molecule has 2 heterocycles. The van der Waals surface area contributed by atoms with Gasteiger partial charge in [-0.3, -0.25) is 4.79 Å². The lowest BCUT2D eigenvalue weighted by molar-refractivity contribution is -0.142. The molecule has 0 amide bonds. The number of hydrogen-bond donors (Lipinski definition) is 2. The van der Waals surface area contributed by atoms with Crippen molar-refractivity contribution in [2.75, 3.05) is 13.7 Å². The van der Waals surface area contributed by atoms with Gasteiger partial charge in [0, 0.05) is 12.5 Å². The van der Waals surface area contributed by atoms with Gasteiger partial charge in [-0.15, -0.1) is 22.6 Å². The zero-order chi connectivity index (χ0) is 9.97. The van der Waals surface area contributed by atoms with E-state index in [-0.39, 0.29) is 30.3 Å². The fourth-order valence-electron chi connectivity index (χ4n) is 1.60. The Morgan fingerprint density at radius 2 is 2.40 bits per heavy atom. The molecule has 1 aliphatic heterocycles. The average molecular weight is 234 g/mol. The number of nitrogens with one attached hydrogen (secondary N) is 2. The van der Waals surface area contributed by atoms with Crippen molar-refractivity contribution in [1.82, 2.24) is 25.9 Å². The molecule has 1 aromatic rings. The molecule has 0 aliphatic carbocycles. The van der Waals surface area contributed by atoms with Gasteiger partial charge in [0.15, 0.2) is 5.82 Å². The molecule has 1 fully saturated rings. The third kappa shape index (κ3) is 2.42. The maximum absolute atomic E-state index is 11.2. The van der Waals surface area contributed by atoms with Gasteiger partial charge in [-0.25, -0.2) is 0 Å². The average Bonchev–Trinajstić information content (AvgIpc) is 2.86. The molecule has 2 N–H and O–H groups in total. The summed E-state index contributed by atoms with van der Waals surface area (Å²) < 4.78 is 4.63. The number of rotatable bonds is 2. The number of H-pyrrole nitrogens is 1. The van der Waals surface area contributed by atoms with Crippen molar-refractivity contribution in [1.29, 1.82) is 0 Å². The van der Waals surface area contributed by atoms with E-state index in [1.54, 1.807) is 0 Å². The predicted octanol–water partition coefficient (Wildman–Crippen LogP) is -0.760. The minimum atomic E-state index is -0.247. The summed E-state index contributed by atoms with van der Waals surface area (Å²) in [4.78, 5) is 11.2. The number of halogens is 1. The maximum Gasteiger partial charge on any atom is 0.322 e. The monoisotopic (exact) mass is 233 g/mol. The van der Waals surface area contributed by atoms with Crippen molar-refractivity contribution in [3.63, 3.8) is 0 Å². The molecule has 1 aliphatic rings. The van der Waals surface area contributed by atoms with Gasteiger partial charge in [-0.05, 0) is 6.42 Å². The van der Waals surface area contributed by atoms with Crippen molar-refractivity contribution >= 4 is 18.4 Å².